The zero-order valence-electron chi connectivity index (χ0n) is 17.6. The number of unbranched alkanes of at least 4 members (excludes halogenated alkanes) is 1. The fraction of sp³-hybridized carbons (Fsp3) is 0.280. The van der Waals surface area contributed by atoms with E-state index >= 15 is 0 Å². The van der Waals surface area contributed by atoms with Crippen LogP contribution in [0.3, 0.4) is 0 Å². The quantitative estimate of drug-likeness (QED) is 0.268. The minimum absolute atomic E-state index is 0.247. The molecule has 0 aliphatic carbocycles. The second kappa shape index (κ2) is 14.1. The zero-order chi connectivity index (χ0) is 22.3. The number of hydrogen-bond acceptors (Lipinski definition) is 5. The maximum Gasteiger partial charge on any atom is 0.338 e. The molecule has 0 saturated heterocycles. The molecular formula is C25H28O5S. The molecule has 2 unspecified atom stereocenters. The van der Waals surface area contributed by atoms with Crippen LogP contribution in [0.5, 0.6) is 0 Å². The number of benzene rings is 2. The van der Waals surface area contributed by atoms with Gasteiger partial charge in [-0.05, 0) is 49.6 Å². The van der Waals surface area contributed by atoms with Gasteiger partial charge in [0.05, 0.1) is 23.5 Å². The van der Waals surface area contributed by atoms with Crippen LogP contribution < -0.4 is 0 Å². The number of carbonyl (C=O) groups excluding carboxylic acids is 2. The van der Waals surface area contributed by atoms with Crippen LogP contribution in [0.4, 0.5) is 0 Å². The van der Waals surface area contributed by atoms with Crippen molar-refractivity contribution in [3.05, 3.63) is 90.5 Å². The summed E-state index contributed by atoms with van der Waals surface area (Å²) in [5.74, 6) is -0.234. The first-order valence-corrected chi connectivity index (χ1v) is 11.5. The minimum atomic E-state index is -1.09. The SMILES string of the molecule is COC(=O)CCCCC(/C=C/C=C/CS(=O)c1ccccc1)OC(=O)c1ccccc1. The van der Waals surface area contributed by atoms with E-state index in [-0.39, 0.29) is 5.97 Å². The Labute approximate surface area is 186 Å². The Hall–Kier alpha value is -2.99. The monoisotopic (exact) mass is 440 g/mol. The van der Waals surface area contributed by atoms with E-state index in [0.717, 1.165) is 4.90 Å². The van der Waals surface area contributed by atoms with E-state index in [4.69, 9.17) is 4.74 Å². The van der Waals surface area contributed by atoms with Gasteiger partial charge in [-0.2, -0.15) is 0 Å². The lowest BCUT2D eigenvalue weighted by Crippen LogP contribution is -2.16. The van der Waals surface area contributed by atoms with Crippen LogP contribution in [0.2, 0.25) is 0 Å². The Morgan fingerprint density at radius 2 is 1.65 bits per heavy atom. The first kappa shape index (κ1) is 24.3. The van der Waals surface area contributed by atoms with Crippen molar-refractivity contribution in [3.63, 3.8) is 0 Å². The Balaban J connectivity index is 1.90. The summed E-state index contributed by atoms with van der Waals surface area (Å²) in [5.41, 5.74) is 0.490. The molecule has 0 spiro atoms. The molecule has 164 valence electrons. The van der Waals surface area contributed by atoms with Crippen LogP contribution >= 0.6 is 0 Å². The summed E-state index contributed by atoms with van der Waals surface area (Å²) >= 11 is 0. The average molecular weight is 441 g/mol. The van der Waals surface area contributed by atoms with Crippen molar-refractivity contribution in [2.45, 2.75) is 36.7 Å². The average Bonchev–Trinajstić information content (AvgIpc) is 2.82. The van der Waals surface area contributed by atoms with Gasteiger partial charge < -0.3 is 9.47 Å². The molecule has 0 aliphatic heterocycles. The summed E-state index contributed by atoms with van der Waals surface area (Å²) in [6, 6.07) is 18.1. The van der Waals surface area contributed by atoms with Gasteiger partial charge in [0.25, 0.3) is 0 Å². The third kappa shape index (κ3) is 9.57. The molecule has 0 aliphatic rings. The summed E-state index contributed by atoms with van der Waals surface area (Å²) in [6.07, 6.45) is 9.12. The highest BCUT2D eigenvalue weighted by molar-refractivity contribution is 7.85. The Morgan fingerprint density at radius 1 is 0.968 bits per heavy atom. The second-order valence-corrected chi connectivity index (χ2v) is 8.27. The van der Waals surface area contributed by atoms with Gasteiger partial charge in [0.15, 0.2) is 0 Å². The Morgan fingerprint density at radius 3 is 2.32 bits per heavy atom. The first-order chi connectivity index (χ1) is 15.1. The van der Waals surface area contributed by atoms with Gasteiger partial charge in [-0.25, -0.2) is 4.79 Å². The van der Waals surface area contributed by atoms with Crippen LogP contribution in [0.15, 0.2) is 89.9 Å². The molecule has 2 rings (SSSR count). The van der Waals surface area contributed by atoms with Crippen molar-refractivity contribution in [1.82, 2.24) is 0 Å². The van der Waals surface area contributed by atoms with Crippen LogP contribution in [0.1, 0.15) is 36.0 Å². The fourth-order valence-corrected chi connectivity index (χ4v) is 3.71. The van der Waals surface area contributed by atoms with Crippen molar-refractivity contribution in [3.8, 4) is 0 Å². The summed E-state index contributed by atoms with van der Waals surface area (Å²) in [7, 11) is 0.275. The standard InChI is InChI=1S/C25H28O5S/c1-29-24(26)19-11-10-16-22(30-25(27)21-13-5-2-6-14-21)15-7-4-12-20-31(28)23-17-8-3-9-18-23/h2-9,12-15,17-18,22H,10-11,16,19-20H2,1H3/b12-4+,15-7+. The van der Waals surface area contributed by atoms with Crippen molar-refractivity contribution >= 4 is 22.7 Å². The van der Waals surface area contributed by atoms with Crippen LogP contribution in [0.25, 0.3) is 0 Å². The number of carbonyl (C=O) groups is 2. The fourth-order valence-electron chi connectivity index (χ4n) is 2.77. The number of methoxy groups -OCH3 is 1. The zero-order valence-corrected chi connectivity index (χ0v) is 18.5. The van der Waals surface area contributed by atoms with Gasteiger partial charge in [-0.1, -0.05) is 54.6 Å². The van der Waals surface area contributed by atoms with Gasteiger partial charge in [0.1, 0.15) is 6.10 Å². The molecule has 0 aromatic heterocycles. The largest absolute Gasteiger partial charge is 0.469 e. The van der Waals surface area contributed by atoms with E-state index in [2.05, 4.69) is 4.74 Å². The van der Waals surface area contributed by atoms with Crippen molar-refractivity contribution < 1.29 is 23.3 Å². The molecule has 2 atom stereocenters. The summed E-state index contributed by atoms with van der Waals surface area (Å²) in [6.45, 7) is 0. The van der Waals surface area contributed by atoms with Gasteiger partial charge in [-0.3, -0.25) is 9.00 Å². The molecule has 0 radical (unpaired) electrons. The molecule has 0 saturated carbocycles. The predicted octanol–water partition coefficient (Wildman–Crippen LogP) is 4.87. The normalized spacial score (nSPS) is 13.2. The maximum absolute atomic E-state index is 12.4. The van der Waals surface area contributed by atoms with E-state index in [1.807, 2.05) is 42.5 Å². The predicted molar refractivity (Wildman–Crippen MR) is 122 cm³/mol. The minimum Gasteiger partial charge on any atom is -0.469 e. The Bertz CT molecular complexity index is 891. The topological polar surface area (TPSA) is 69.7 Å². The molecule has 0 N–H and O–H groups in total. The molecular weight excluding hydrogens is 412 g/mol. The van der Waals surface area contributed by atoms with Gasteiger partial charge >= 0.3 is 11.9 Å². The van der Waals surface area contributed by atoms with Gasteiger partial charge in [0, 0.05) is 17.1 Å². The van der Waals surface area contributed by atoms with Crippen LogP contribution in [-0.2, 0) is 25.1 Å². The molecule has 31 heavy (non-hydrogen) atoms. The van der Waals surface area contributed by atoms with Gasteiger partial charge in [0.2, 0.25) is 0 Å². The summed E-state index contributed by atoms with van der Waals surface area (Å²) in [4.78, 5) is 24.4. The molecule has 2 aromatic rings. The highest BCUT2D eigenvalue weighted by Crippen LogP contribution is 2.12. The molecule has 0 bridgehead atoms. The van der Waals surface area contributed by atoms with E-state index < -0.39 is 22.9 Å². The number of rotatable bonds is 12. The third-order valence-corrected chi connectivity index (χ3v) is 5.73. The summed E-state index contributed by atoms with van der Waals surface area (Å²) in [5, 5.41) is 0. The van der Waals surface area contributed by atoms with Crippen molar-refractivity contribution in [1.29, 1.82) is 0 Å². The lowest BCUT2D eigenvalue weighted by molar-refractivity contribution is -0.140. The highest BCUT2D eigenvalue weighted by atomic mass is 32.2. The Kier molecular flexibility index (Phi) is 11.0. The van der Waals surface area contributed by atoms with Crippen LogP contribution in [-0.4, -0.2) is 35.1 Å². The number of hydrogen-bond donors (Lipinski definition) is 0. The maximum atomic E-state index is 12.4. The lowest BCUT2D eigenvalue weighted by Gasteiger charge is -2.14. The number of ether oxygens (including phenoxy) is 2. The van der Waals surface area contributed by atoms with E-state index in [1.54, 1.807) is 42.5 Å². The smallest absolute Gasteiger partial charge is 0.338 e. The second-order valence-electron chi connectivity index (χ2n) is 6.77. The highest BCUT2D eigenvalue weighted by Gasteiger charge is 2.13. The van der Waals surface area contributed by atoms with Gasteiger partial charge in [-0.15, -0.1) is 0 Å². The van der Waals surface area contributed by atoms with Crippen molar-refractivity contribution in [2.24, 2.45) is 0 Å². The lowest BCUT2D eigenvalue weighted by atomic mass is 10.1. The van der Waals surface area contributed by atoms with E-state index in [9.17, 15) is 13.8 Å². The molecule has 0 fully saturated rings. The molecule has 0 amide bonds. The molecule has 0 heterocycles. The van der Waals surface area contributed by atoms with E-state index in [0.29, 0.717) is 37.0 Å². The molecule has 5 nitrogen and oxygen atoms in total. The van der Waals surface area contributed by atoms with E-state index in [1.165, 1.54) is 7.11 Å². The number of esters is 2. The molecule has 6 heteroatoms. The third-order valence-electron chi connectivity index (χ3n) is 4.44. The molecule has 2 aromatic carbocycles. The number of allylic oxidation sites excluding steroid dienone is 2. The summed E-state index contributed by atoms with van der Waals surface area (Å²) < 4.78 is 22.5. The van der Waals surface area contributed by atoms with Crippen molar-refractivity contribution in [2.75, 3.05) is 12.9 Å². The van der Waals surface area contributed by atoms with Crippen LogP contribution in [0, 0.1) is 0 Å². The first-order valence-electron chi connectivity index (χ1n) is 10.2.